The molecule has 1 aliphatic heterocycles. The summed E-state index contributed by atoms with van der Waals surface area (Å²) >= 11 is 0. The van der Waals surface area contributed by atoms with Crippen LogP contribution in [0.25, 0.3) is 0 Å². The van der Waals surface area contributed by atoms with Gasteiger partial charge in [0.25, 0.3) is 0 Å². The summed E-state index contributed by atoms with van der Waals surface area (Å²) in [6.07, 6.45) is -1.15. The van der Waals surface area contributed by atoms with Gasteiger partial charge in [-0.15, -0.1) is 0 Å². The SMILES string of the molecule is O=CC1(Cc2ccccc2)CCN(CCOc2ccccc2C(F)(F)F)CC1. The lowest BCUT2D eigenvalue weighted by Crippen LogP contribution is -2.43. The first-order chi connectivity index (χ1) is 13.4. The minimum absolute atomic E-state index is 0.140. The first-order valence-electron chi connectivity index (χ1n) is 9.44. The monoisotopic (exact) mass is 391 g/mol. The smallest absolute Gasteiger partial charge is 0.419 e. The van der Waals surface area contributed by atoms with Crippen molar-refractivity contribution in [2.75, 3.05) is 26.2 Å². The molecule has 1 heterocycles. The summed E-state index contributed by atoms with van der Waals surface area (Å²) < 4.78 is 44.4. The van der Waals surface area contributed by atoms with Gasteiger partial charge in [-0.25, -0.2) is 0 Å². The van der Waals surface area contributed by atoms with E-state index < -0.39 is 11.7 Å². The molecular formula is C22H24F3NO2. The van der Waals surface area contributed by atoms with Gasteiger partial charge in [0.05, 0.1) is 5.56 Å². The molecule has 0 atom stereocenters. The van der Waals surface area contributed by atoms with Crippen molar-refractivity contribution in [3.63, 3.8) is 0 Å². The van der Waals surface area contributed by atoms with E-state index in [9.17, 15) is 18.0 Å². The molecule has 0 bridgehead atoms. The third kappa shape index (κ3) is 5.13. The fourth-order valence-electron chi connectivity index (χ4n) is 3.67. The van der Waals surface area contributed by atoms with E-state index in [1.54, 1.807) is 0 Å². The van der Waals surface area contributed by atoms with Crippen LogP contribution in [0.5, 0.6) is 5.75 Å². The molecular weight excluding hydrogens is 367 g/mol. The average molecular weight is 391 g/mol. The number of alkyl halides is 3. The Kier molecular flexibility index (Phi) is 6.39. The van der Waals surface area contributed by atoms with Gasteiger partial charge in [0.1, 0.15) is 18.6 Å². The van der Waals surface area contributed by atoms with E-state index in [4.69, 9.17) is 4.74 Å². The van der Waals surface area contributed by atoms with E-state index in [1.807, 2.05) is 30.3 Å². The van der Waals surface area contributed by atoms with Crippen molar-refractivity contribution in [3.05, 3.63) is 65.7 Å². The normalized spacial score (nSPS) is 17.2. The van der Waals surface area contributed by atoms with Gasteiger partial charge in [0.15, 0.2) is 0 Å². The molecule has 150 valence electrons. The van der Waals surface area contributed by atoms with E-state index >= 15 is 0 Å². The largest absolute Gasteiger partial charge is 0.492 e. The average Bonchev–Trinajstić information content (AvgIpc) is 2.70. The van der Waals surface area contributed by atoms with Crippen LogP contribution in [0.1, 0.15) is 24.0 Å². The maximum atomic E-state index is 13.0. The van der Waals surface area contributed by atoms with Crippen LogP contribution >= 0.6 is 0 Å². The Morgan fingerprint density at radius 2 is 1.64 bits per heavy atom. The van der Waals surface area contributed by atoms with Crippen molar-refractivity contribution in [1.29, 1.82) is 0 Å². The quantitative estimate of drug-likeness (QED) is 0.646. The van der Waals surface area contributed by atoms with Gasteiger partial charge in [-0.05, 0) is 50.0 Å². The standard InChI is InChI=1S/C22H24F3NO2/c23-22(24,25)19-8-4-5-9-20(19)28-15-14-26-12-10-21(17-27,11-13-26)16-18-6-2-1-3-7-18/h1-9,17H,10-16H2. The number of carbonyl (C=O) groups is 1. The Bertz CT molecular complexity index is 769. The number of nitrogens with zero attached hydrogens (tertiary/aromatic N) is 1. The number of likely N-dealkylation sites (tertiary alicyclic amines) is 1. The molecule has 1 aliphatic rings. The molecule has 1 fully saturated rings. The molecule has 1 saturated heterocycles. The number of carbonyl (C=O) groups excluding carboxylic acids is 1. The summed E-state index contributed by atoms with van der Waals surface area (Å²) in [5.41, 5.74) is 0.0355. The minimum Gasteiger partial charge on any atom is -0.492 e. The predicted molar refractivity (Wildman–Crippen MR) is 101 cm³/mol. The molecule has 0 radical (unpaired) electrons. The van der Waals surface area contributed by atoms with Crippen LogP contribution in [0.15, 0.2) is 54.6 Å². The Labute approximate surface area is 163 Å². The zero-order valence-corrected chi connectivity index (χ0v) is 15.6. The van der Waals surface area contributed by atoms with Crippen LogP contribution in [-0.2, 0) is 17.4 Å². The maximum absolute atomic E-state index is 13.0. The molecule has 0 aliphatic carbocycles. The van der Waals surface area contributed by atoms with Gasteiger partial charge in [0, 0.05) is 12.0 Å². The second kappa shape index (κ2) is 8.78. The number of piperidine rings is 1. The second-order valence-electron chi connectivity index (χ2n) is 7.33. The van der Waals surface area contributed by atoms with Crippen LogP contribution in [0, 0.1) is 5.41 Å². The van der Waals surface area contributed by atoms with Gasteiger partial charge in [-0.3, -0.25) is 4.90 Å². The highest BCUT2D eigenvalue weighted by Crippen LogP contribution is 2.36. The molecule has 28 heavy (non-hydrogen) atoms. The predicted octanol–water partition coefficient (Wildman–Crippen LogP) is 4.61. The molecule has 6 heteroatoms. The Morgan fingerprint density at radius 3 is 2.29 bits per heavy atom. The van der Waals surface area contributed by atoms with Crippen LogP contribution in [0.3, 0.4) is 0 Å². The summed E-state index contributed by atoms with van der Waals surface area (Å²) in [5.74, 6) is -0.140. The third-order valence-corrected chi connectivity index (χ3v) is 5.36. The summed E-state index contributed by atoms with van der Waals surface area (Å²) in [6, 6.07) is 15.2. The molecule has 0 unspecified atom stereocenters. The van der Waals surface area contributed by atoms with Crippen molar-refractivity contribution < 1.29 is 22.7 Å². The highest BCUT2D eigenvalue weighted by Gasteiger charge is 2.35. The number of benzene rings is 2. The fourth-order valence-corrected chi connectivity index (χ4v) is 3.67. The number of halogens is 3. The van der Waals surface area contributed by atoms with E-state index in [0.717, 1.165) is 50.3 Å². The van der Waals surface area contributed by atoms with E-state index in [2.05, 4.69) is 4.90 Å². The van der Waals surface area contributed by atoms with Crippen LogP contribution in [0.2, 0.25) is 0 Å². The molecule has 0 aromatic heterocycles. The molecule has 3 rings (SSSR count). The molecule has 0 saturated carbocycles. The van der Waals surface area contributed by atoms with Gasteiger partial charge < -0.3 is 9.53 Å². The van der Waals surface area contributed by atoms with E-state index in [0.29, 0.717) is 6.54 Å². The topological polar surface area (TPSA) is 29.5 Å². The second-order valence-corrected chi connectivity index (χ2v) is 7.33. The summed E-state index contributed by atoms with van der Waals surface area (Å²) in [7, 11) is 0. The van der Waals surface area contributed by atoms with Crippen LogP contribution < -0.4 is 4.74 Å². The summed E-state index contributed by atoms with van der Waals surface area (Å²) in [5, 5.41) is 0. The summed E-state index contributed by atoms with van der Waals surface area (Å²) in [4.78, 5) is 13.9. The minimum atomic E-state index is -4.43. The van der Waals surface area contributed by atoms with Gasteiger partial charge >= 0.3 is 6.18 Å². The van der Waals surface area contributed by atoms with Crippen molar-refractivity contribution >= 4 is 6.29 Å². The third-order valence-electron chi connectivity index (χ3n) is 5.36. The Hall–Kier alpha value is -2.34. The van der Waals surface area contributed by atoms with Crippen LogP contribution in [-0.4, -0.2) is 37.4 Å². The molecule has 0 N–H and O–H groups in total. The van der Waals surface area contributed by atoms with Gasteiger partial charge in [0.2, 0.25) is 0 Å². The number of rotatable bonds is 7. The van der Waals surface area contributed by atoms with Crippen LogP contribution in [0.4, 0.5) is 13.2 Å². The maximum Gasteiger partial charge on any atom is 0.419 e. The molecule has 2 aromatic carbocycles. The van der Waals surface area contributed by atoms with Crippen molar-refractivity contribution in [3.8, 4) is 5.75 Å². The first kappa shape index (κ1) is 20.4. The molecule has 2 aromatic rings. The number of aldehydes is 1. The fraction of sp³-hybridized carbons (Fsp3) is 0.409. The van der Waals surface area contributed by atoms with Crippen molar-refractivity contribution in [1.82, 2.24) is 4.90 Å². The number of hydrogen-bond acceptors (Lipinski definition) is 3. The zero-order chi connectivity index (χ0) is 20.0. The van der Waals surface area contributed by atoms with Gasteiger partial charge in [-0.1, -0.05) is 42.5 Å². The van der Waals surface area contributed by atoms with E-state index in [1.165, 1.54) is 18.2 Å². The number of ether oxygens (including phenoxy) is 1. The highest BCUT2D eigenvalue weighted by molar-refractivity contribution is 5.60. The van der Waals surface area contributed by atoms with Crippen molar-refractivity contribution in [2.45, 2.75) is 25.4 Å². The molecule has 3 nitrogen and oxygen atoms in total. The number of hydrogen-bond donors (Lipinski definition) is 0. The lowest BCUT2D eigenvalue weighted by Gasteiger charge is -2.38. The first-order valence-corrected chi connectivity index (χ1v) is 9.44. The Balaban J connectivity index is 1.50. The van der Waals surface area contributed by atoms with Crippen molar-refractivity contribution in [2.24, 2.45) is 5.41 Å². The highest BCUT2D eigenvalue weighted by atomic mass is 19.4. The zero-order valence-electron chi connectivity index (χ0n) is 15.6. The van der Waals surface area contributed by atoms with Gasteiger partial charge in [-0.2, -0.15) is 13.2 Å². The lowest BCUT2D eigenvalue weighted by molar-refractivity contribution is -0.139. The Morgan fingerprint density at radius 1 is 1.00 bits per heavy atom. The van der Waals surface area contributed by atoms with E-state index in [-0.39, 0.29) is 17.8 Å². The lowest BCUT2D eigenvalue weighted by atomic mass is 9.75. The summed E-state index contributed by atoms with van der Waals surface area (Å²) in [6.45, 7) is 2.18. The number of para-hydroxylation sites is 1. The molecule has 0 amide bonds. The molecule has 0 spiro atoms.